The third-order valence-electron chi connectivity index (χ3n) is 2.02. The van der Waals surface area contributed by atoms with Gasteiger partial charge in [0.05, 0.1) is 6.26 Å². The quantitative estimate of drug-likeness (QED) is 0.786. The average Bonchev–Trinajstić information content (AvgIpc) is 2.75. The molecule has 5 nitrogen and oxygen atoms in total. The molecule has 0 unspecified atom stereocenters. The maximum Gasteiger partial charge on any atom is 0.292 e. The van der Waals surface area contributed by atoms with E-state index in [4.69, 9.17) is 4.42 Å². The van der Waals surface area contributed by atoms with Crippen LogP contribution < -0.4 is 5.32 Å². The van der Waals surface area contributed by atoms with Crippen molar-refractivity contribution in [3.63, 3.8) is 0 Å². The Morgan fingerprint density at radius 2 is 2.33 bits per heavy atom. The van der Waals surface area contributed by atoms with Gasteiger partial charge in [0, 0.05) is 17.3 Å². The SMILES string of the molecule is Cc1cc(NC(=O)c2occc2C)n[nH]1. The second-order valence-electron chi connectivity index (χ2n) is 3.32. The number of carbonyl (C=O) groups excluding carboxylic acids is 1. The first kappa shape index (κ1) is 9.51. The van der Waals surface area contributed by atoms with Crippen LogP contribution in [0.15, 0.2) is 22.8 Å². The van der Waals surface area contributed by atoms with Gasteiger partial charge in [-0.15, -0.1) is 0 Å². The van der Waals surface area contributed by atoms with E-state index in [-0.39, 0.29) is 5.91 Å². The molecule has 0 fully saturated rings. The minimum Gasteiger partial charge on any atom is -0.459 e. The van der Waals surface area contributed by atoms with Crippen LogP contribution in [-0.2, 0) is 0 Å². The van der Waals surface area contributed by atoms with Crippen LogP contribution >= 0.6 is 0 Å². The lowest BCUT2D eigenvalue weighted by atomic mass is 10.3. The molecule has 0 saturated heterocycles. The van der Waals surface area contributed by atoms with Crippen molar-refractivity contribution in [3.8, 4) is 0 Å². The summed E-state index contributed by atoms with van der Waals surface area (Å²) in [5, 5.41) is 9.27. The van der Waals surface area contributed by atoms with Crippen LogP contribution in [0, 0.1) is 13.8 Å². The van der Waals surface area contributed by atoms with E-state index in [1.54, 1.807) is 12.1 Å². The van der Waals surface area contributed by atoms with Gasteiger partial charge < -0.3 is 9.73 Å². The molecule has 0 bridgehead atoms. The van der Waals surface area contributed by atoms with Crippen LogP contribution in [0.25, 0.3) is 0 Å². The highest BCUT2D eigenvalue weighted by Crippen LogP contribution is 2.11. The minimum absolute atomic E-state index is 0.288. The molecule has 0 spiro atoms. The van der Waals surface area contributed by atoms with Gasteiger partial charge in [0.25, 0.3) is 5.91 Å². The summed E-state index contributed by atoms with van der Waals surface area (Å²) in [6, 6.07) is 3.49. The first-order valence-corrected chi connectivity index (χ1v) is 4.54. The summed E-state index contributed by atoms with van der Waals surface area (Å²) in [4.78, 5) is 11.6. The monoisotopic (exact) mass is 205 g/mol. The largest absolute Gasteiger partial charge is 0.459 e. The summed E-state index contributed by atoms with van der Waals surface area (Å²) in [5.74, 6) is 0.521. The van der Waals surface area contributed by atoms with Gasteiger partial charge in [-0.25, -0.2) is 0 Å². The number of aromatic amines is 1. The Bertz CT molecular complexity index is 484. The van der Waals surface area contributed by atoms with Crippen molar-refractivity contribution < 1.29 is 9.21 Å². The minimum atomic E-state index is -0.288. The molecule has 1 amide bonds. The highest BCUT2D eigenvalue weighted by molar-refractivity contribution is 6.02. The van der Waals surface area contributed by atoms with Crippen LogP contribution in [-0.4, -0.2) is 16.1 Å². The molecule has 2 aromatic rings. The summed E-state index contributed by atoms with van der Waals surface area (Å²) in [5.41, 5.74) is 1.70. The Labute approximate surface area is 86.5 Å². The third-order valence-corrected chi connectivity index (χ3v) is 2.02. The lowest BCUT2D eigenvalue weighted by Gasteiger charge is -1.98. The summed E-state index contributed by atoms with van der Waals surface area (Å²) >= 11 is 0. The highest BCUT2D eigenvalue weighted by Gasteiger charge is 2.13. The molecule has 0 aliphatic carbocycles. The van der Waals surface area contributed by atoms with E-state index >= 15 is 0 Å². The van der Waals surface area contributed by atoms with Crippen LogP contribution in [0.5, 0.6) is 0 Å². The number of hydrogen-bond acceptors (Lipinski definition) is 3. The number of hydrogen-bond donors (Lipinski definition) is 2. The highest BCUT2D eigenvalue weighted by atomic mass is 16.3. The van der Waals surface area contributed by atoms with Gasteiger partial charge in [-0.1, -0.05) is 0 Å². The molecule has 2 rings (SSSR count). The van der Waals surface area contributed by atoms with Gasteiger partial charge in [-0.3, -0.25) is 9.89 Å². The molecule has 5 heteroatoms. The first-order valence-electron chi connectivity index (χ1n) is 4.54. The number of carbonyl (C=O) groups is 1. The van der Waals surface area contributed by atoms with E-state index in [2.05, 4.69) is 15.5 Å². The number of nitrogens with one attached hydrogen (secondary N) is 2. The number of nitrogens with zero attached hydrogens (tertiary/aromatic N) is 1. The zero-order valence-electron chi connectivity index (χ0n) is 8.50. The molecule has 0 aliphatic rings. The predicted molar refractivity (Wildman–Crippen MR) is 54.7 cm³/mol. The second kappa shape index (κ2) is 3.61. The number of aromatic nitrogens is 2. The number of furan rings is 1. The Balaban J connectivity index is 2.14. The van der Waals surface area contributed by atoms with Crippen LogP contribution in [0.2, 0.25) is 0 Å². The van der Waals surface area contributed by atoms with Gasteiger partial charge in [0.2, 0.25) is 0 Å². The van der Waals surface area contributed by atoms with Gasteiger partial charge in [-0.05, 0) is 19.9 Å². The van der Waals surface area contributed by atoms with Crippen molar-refractivity contribution in [2.75, 3.05) is 5.32 Å². The molecule has 0 saturated carbocycles. The fourth-order valence-corrected chi connectivity index (χ4v) is 1.26. The number of H-pyrrole nitrogens is 1. The molecule has 78 valence electrons. The molecule has 2 heterocycles. The Kier molecular flexibility index (Phi) is 2.29. The maximum atomic E-state index is 11.6. The molecule has 15 heavy (non-hydrogen) atoms. The number of aryl methyl sites for hydroxylation is 2. The number of rotatable bonds is 2. The predicted octanol–water partition coefficient (Wildman–Crippen LogP) is 1.87. The van der Waals surface area contributed by atoms with Crippen molar-refractivity contribution in [2.45, 2.75) is 13.8 Å². The fraction of sp³-hybridized carbons (Fsp3) is 0.200. The zero-order valence-corrected chi connectivity index (χ0v) is 8.50. The molecular weight excluding hydrogens is 194 g/mol. The smallest absolute Gasteiger partial charge is 0.292 e. The molecule has 2 N–H and O–H groups in total. The summed E-state index contributed by atoms with van der Waals surface area (Å²) < 4.78 is 5.06. The van der Waals surface area contributed by atoms with Crippen LogP contribution in [0.4, 0.5) is 5.82 Å². The lowest BCUT2D eigenvalue weighted by molar-refractivity contribution is 0.0995. The lowest BCUT2D eigenvalue weighted by Crippen LogP contribution is -2.12. The van der Waals surface area contributed by atoms with E-state index in [1.807, 2.05) is 13.8 Å². The second-order valence-corrected chi connectivity index (χ2v) is 3.32. The van der Waals surface area contributed by atoms with Crippen molar-refractivity contribution in [3.05, 3.63) is 35.4 Å². The molecular formula is C10H11N3O2. The topological polar surface area (TPSA) is 70.9 Å². The number of anilines is 1. The first-order chi connectivity index (χ1) is 7.16. The molecule has 2 aromatic heterocycles. The van der Waals surface area contributed by atoms with Gasteiger partial charge in [0.15, 0.2) is 11.6 Å². The third kappa shape index (κ3) is 1.90. The maximum absolute atomic E-state index is 11.6. The zero-order chi connectivity index (χ0) is 10.8. The van der Waals surface area contributed by atoms with E-state index in [0.29, 0.717) is 11.6 Å². The van der Waals surface area contributed by atoms with E-state index in [9.17, 15) is 4.79 Å². The molecule has 0 atom stereocenters. The van der Waals surface area contributed by atoms with Gasteiger partial charge >= 0.3 is 0 Å². The van der Waals surface area contributed by atoms with E-state index < -0.39 is 0 Å². The van der Waals surface area contributed by atoms with Crippen molar-refractivity contribution in [1.82, 2.24) is 10.2 Å². The van der Waals surface area contributed by atoms with Crippen LogP contribution in [0.3, 0.4) is 0 Å². The average molecular weight is 205 g/mol. The van der Waals surface area contributed by atoms with Gasteiger partial charge in [-0.2, -0.15) is 5.10 Å². The van der Waals surface area contributed by atoms with Crippen molar-refractivity contribution >= 4 is 11.7 Å². The van der Waals surface area contributed by atoms with Crippen LogP contribution in [0.1, 0.15) is 21.8 Å². The standard InChI is InChI=1S/C10H11N3O2/c1-6-3-4-15-9(6)10(14)11-8-5-7(2)12-13-8/h3-5H,1-2H3,(H2,11,12,13,14). The molecule has 0 aliphatic heterocycles. The molecule has 0 aromatic carbocycles. The summed E-state index contributed by atoms with van der Waals surface area (Å²) in [6.45, 7) is 3.68. The van der Waals surface area contributed by atoms with Crippen molar-refractivity contribution in [2.24, 2.45) is 0 Å². The van der Waals surface area contributed by atoms with E-state index in [0.717, 1.165) is 11.3 Å². The van der Waals surface area contributed by atoms with Gasteiger partial charge in [0.1, 0.15) is 0 Å². The Morgan fingerprint density at radius 1 is 1.53 bits per heavy atom. The van der Waals surface area contributed by atoms with E-state index in [1.165, 1.54) is 6.26 Å². The summed E-state index contributed by atoms with van der Waals surface area (Å²) in [7, 11) is 0. The fourth-order valence-electron chi connectivity index (χ4n) is 1.26. The number of amides is 1. The summed E-state index contributed by atoms with van der Waals surface area (Å²) in [6.07, 6.45) is 1.49. The Morgan fingerprint density at radius 3 is 2.87 bits per heavy atom. The Hall–Kier alpha value is -2.04. The van der Waals surface area contributed by atoms with Crippen molar-refractivity contribution in [1.29, 1.82) is 0 Å². The normalized spacial score (nSPS) is 10.3. The molecule has 0 radical (unpaired) electrons.